The molecule has 0 atom stereocenters. The summed E-state index contributed by atoms with van der Waals surface area (Å²) in [5.41, 5.74) is 0. The molecule has 0 aliphatic heterocycles. The van der Waals surface area contributed by atoms with Gasteiger partial charge in [0, 0.05) is 7.11 Å². The van der Waals surface area contributed by atoms with Crippen molar-refractivity contribution in [3.05, 3.63) is 6.42 Å². The molecule has 3 heteroatoms. The van der Waals surface area contributed by atoms with Gasteiger partial charge >= 0.3 is 19.5 Å². The van der Waals surface area contributed by atoms with Crippen LogP contribution in [0, 0.1) is 6.42 Å². The van der Waals surface area contributed by atoms with E-state index in [1.54, 1.807) is 7.11 Å². The molecule has 0 aromatic rings. The fraction of sp³-hybridized carbons (Fsp3) is 0.857. The molecule has 1 nitrogen and oxygen atoms in total. The van der Waals surface area contributed by atoms with Crippen LogP contribution in [-0.4, -0.2) is 13.2 Å². The van der Waals surface area contributed by atoms with E-state index in [9.17, 15) is 0 Å². The van der Waals surface area contributed by atoms with Gasteiger partial charge in [-0.15, -0.1) is 0 Å². The first-order valence-corrected chi connectivity index (χ1v) is 3.28. The molecular weight excluding hydrogens is 292 g/mol. The molecule has 1 rings (SSSR count). The largest absolute Gasteiger partial charge is 2.00 e. The van der Waals surface area contributed by atoms with Crippen LogP contribution in [0.25, 0.3) is 0 Å². The molecule has 0 saturated heterocycles. The van der Waals surface area contributed by atoms with Crippen molar-refractivity contribution in [1.82, 2.24) is 0 Å². The van der Waals surface area contributed by atoms with Gasteiger partial charge in [0.05, 0.1) is 6.10 Å². The van der Waals surface area contributed by atoms with Crippen molar-refractivity contribution in [2.45, 2.75) is 31.8 Å². The Kier molecular flexibility index (Phi) is 11.7. The summed E-state index contributed by atoms with van der Waals surface area (Å²) in [7, 11) is 1.80. The van der Waals surface area contributed by atoms with Crippen molar-refractivity contribution >= 4 is 0 Å². The summed E-state index contributed by atoms with van der Waals surface area (Å²) in [5, 5.41) is 0. The minimum atomic E-state index is 0. The third-order valence-corrected chi connectivity index (χ3v) is 1.72. The Morgan fingerprint density at radius 1 is 1.30 bits per heavy atom. The Bertz CT molecular complexity index is 64.6. The van der Waals surface area contributed by atoms with Crippen LogP contribution in [-0.2, 0) is 24.2 Å². The maximum absolute atomic E-state index is 5.17. The van der Waals surface area contributed by atoms with Crippen LogP contribution in [0.1, 0.15) is 25.7 Å². The second kappa shape index (κ2) is 8.41. The average molecular weight is 305 g/mol. The van der Waals surface area contributed by atoms with Crippen LogP contribution < -0.4 is 24.0 Å². The first-order chi connectivity index (χ1) is 3.93. The summed E-state index contributed by atoms with van der Waals surface area (Å²) >= 11 is 0. The van der Waals surface area contributed by atoms with Gasteiger partial charge < -0.3 is 35.1 Å². The molecule has 0 aromatic heterocycles. The van der Waals surface area contributed by atoms with Crippen LogP contribution in [0.4, 0.5) is 0 Å². The number of ether oxygens (including phenoxy) is 1. The van der Waals surface area contributed by atoms with E-state index in [4.69, 9.17) is 4.74 Å². The maximum Gasteiger partial charge on any atom is 2.00 e. The second-order valence-electron chi connectivity index (χ2n) is 2.30. The Labute approximate surface area is 93.1 Å². The Morgan fingerprint density at radius 2 is 1.80 bits per heavy atom. The summed E-state index contributed by atoms with van der Waals surface area (Å²) in [6.07, 6.45) is 7.86. The van der Waals surface area contributed by atoms with E-state index < -0.39 is 0 Å². The van der Waals surface area contributed by atoms with Gasteiger partial charge in [-0.2, -0.15) is 12.8 Å². The molecule has 1 saturated carbocycles. The standard InChI is InChI=1S/C7H13O.HI.Zn/c1-8-7-5-3-2-4-6-7;;/h2,7H,3-6H2,1H3;1H;/q-1;;+2/p-1. The van der Waals surface area contributed by atoms with Gasteiger partial charge in [0.25, 0.3) is 0 Å². The van der Waals surface area contributed by atoms with Gasteiger partial charge in [0.1, 0.15) is 0 Å². The Balaban J connectivity index is 0. The zero-order valence-corrected chi connectivity index (χ0v) is 11.6. The smallest absolute Gasteiger partial charge is 1.00 e. The van der Waals surface area contributed by atoms with Gasteiger partial charge in [-0.3, -0.25) is 0 Å². The predicted molar refractivity (Wildman–Crippen MR) is 33.6 cm³/mol. The predicted octanol–water partition coefficient (Wildman–Crippen LogP) is -1.22. The number of methoxy groups -OCH3 is 1. The first-order valence-electron chi connectivity index (χ1n) is 3.28. The summed E-state index contributed by atoms with van der Waals surface area (Å²) < 4.78 is 5.17. The van der Waals surface area contributed by atoms with E-state index in [-0.39, 0.29) is 43.5 Å². The van der Waals surface area contributed by atoms with E-state index >= 15 is 0 Å². The third kappa shape index (κ3) is 5.03. The molecule has 0 radical (unpaired) electrons. The van der Waals surface area contributed by atoms with E-state index in [0.29, 0.717) is 6.10 Å². The van der Waals surface area contributed by atoms with Gasteiger partial charge in [0.15, 0.2) is 0 Å². The molecule has 1 fully saturated rings. The van der Waals surface area contributed by atoms with Crippen LogP contribution in [0.3, 0.4) is 0 Å². The van der Waals surface area contributed by atoms with Crippen molar-refractivity contribution in [2.24, 2.45) is 0 Å². The van der Waals surface area contributed by atoms with E-state index in [1.807, 2.05) is 0 Å². The molecule has 1 aliphatic rings. The molecule has 10 heavy (non-hydrogen) atoms. The van der Waals surface area contributed by atoms with Gasteiger partial charge in [-0.05, 0) is 0 Å². The normalized spacial score (nSPS) is 18.9. The fourth-order valence-corrected chi connectivity index (χ4v) is 1.13. The molecule has 56 valence electrons. The second-order valence-corrected chi connectivity index (χ2v) is 2.30. The van der Waals surface area contributed by atoms with E-state index in [1.165, 1.54) is 25.7 Å². The fourth-order valence-electron chi connectivity index (χ4n) is 1.13. The number of rotatable bonds is 1. The molecule has 0 bridgehead atoms. The Hall–Kier alpha value is 1.31. The summed E-state index contributed by atoms with van der Waals surface area (Å²) in [4.78, 5) is 0. The van der Waals surface area contributed by atoms with Crippen molar-refractivity contribution < 1.29 is 48.2 Å². The van der Waals surface area contributed by atoms with Crippen molar-refractivity contribution in [1.29, 1.82) is 0 Å². The number of hydrogen-bond donors (Lipinski definition) is 0. The number of hydrogen-bond acceptors (Lipinski definition) is 1. The van der Waals surface area contributed by atoms with Crippen molar-refractivity contribution in [3.63, 3.8) is 0 Å². The first kappa shape index (κ1) is 13.9. The zero-order valence-electron chi connectivity index (χ0n) is 6.48. The molecule has 0 spiro atoms. The summed E-state index contributed by atoms with van der Waals surface area (Å²) in [6, 6.07) is 0. The molecular formula is C7H13IOZn. The molecule has 1 aliphatic carbocycles. The number of halogens is 1. The quantitative estimate of drug-likeness (QED) is 0.335. The van der Waals surface area contributed by atoms with E-state index in [2.05, 4.69) is 6.42 Å². The van der Waals surface area contributed by atoms with Gasteiger partial charge in [0.2, 0.25) is 0 Å². The molecule has 0 N–H and O–H groups in total. The maximum atomic E-state index is 5.17. The van der Waals surface area contributed by atoms with Crippen LogP contribution >= 0.6 is 0 Å². The minimum Gasteiger partial charge on any atom is -1.00 e. The average Bonchev–Trinajstić information content (AvgIpc) is 1.90. The Morgan fingerprint density at radius 3 is 2.10 bits per heavy atom. The monoisotopic (exact) mass is 304 g/mol. The van der Waals surface area contributed by atoms with Crippen LogP contribution in [0.15, 0.2) is 0 Å². The molecule has 0 aromatic carbocycles. The van der Waals surface area contributed by atoms with Gasteiger partial charge in [-0.25, -0.2) is 0 Å². The molecule has 0 heterocycles. The molecule has 0 unspecified atom stereocenters. The van der Waals surface area contributed by atoms with Gasteiger partial charge in [-0.1, -0.05) is 12.8 Å². The van der Waals surface area contributed by atoms with Crippen molar-refractivity contribution in [2.75, 3.05) is 7.11 Å². The van der Waals surface area contributed by atoms with Crippen LogP contribution in [0.5, 0.6) is 0 Å². The molecule has 0 amide bonds. The SMILES string of the molecule is COC1CC[CH-]CC1.[I-].[Zn+2]. The topological polar surface area (TPSA) is 9.23 Å². The summed E-state index contributed by atoms with van der Waals surface area (Å²) in [6.45, 7) is 0. The summed E-state index contributed by atoms with van der Waals surface area (Å²) in [5.74, 6) is 0. The zero-order chi connectivity index (χ0) is 5.82. The van der Waals surface area contributed by atoms with Crippen LogP contribution in [0.2, 0.25) is 0 Å². The third-order valence-electron chi connectivity index (χ3n) is 1.72. The van der Waals surface area contributed by atoms with Crippen molar-refractivity contribution in [3.8, 4) is 0 Å². The van der Waals surface area contributed by atoms with E-state index in [0.717, 1.165) is 0 Å². The minimum absolute atomic E-state index is 0.